The van der Waals surface area contributed by atoms with Crippen molar-refractivity contribution in [3.63, 3.8) is 0 Å². The van der Waals surface area contributed by atoms with Gasteiger partial charge < -0.3 is 4.98 Å². The first-order chi connectivity index (χ1) is 9.88. The minimum atomic E-state index is -0.621. The molecule has 7 heteroatoms. The van der Waals surface area contributed by atoms with Crippen molar-refractivity contribution < 1.29 is 13.2 Å². The van der Waals surface area contributed by atoms with Crippen LogP contribution in [0.3, 0.4) is 0 Å². The first-order valence-electron chi connectivity index (χ1n) is 5.94. The third-order valence-electron chi connectivity index (χ3n) is 3.19. The molecule has 0 bridgehead atoms. The molecular weight excluding hydrogens is 412 g/mol. The van der Waals surface area contributed by atoms with E-state index in [0.717, 1.165) is 12.1 Å². The van der Waals surface area contributed by atoms with Crippen molar-refractivity contribution >= 4 is 45.8 Å². The van der Waals surface area contributed by atoms with Gasteiger partial charge in [0.25, 0.3) is 0 Å². The zero-order chi connectivity index (χ0) is 15.3. The molecule has 0 saturated carbocycles. The molecule has 1 heterocycles. The Hall–Kier alpha value is -1.35. The highest BCUT2D eigenvalue weighted by molar-refractivity contribution is 14.1. The Morgan fingerprint density at radius 2 is 1.76 bits per heavy atom. The highest BCUT2D eigenvalue weighted by atomic mass is 127. The van der Waals surface area contributed by atoms with Gasteiger partial charge in [-0.25, -0.2) is 13.2 Å². The second-order valence-corrected chi connectivity index (χ2v) is 6.15. The molecule has 0 aliphatic rings. The number of rotatable bonds is 1. The van der Waals surface area contributed by atoms with Crippen LogP contribution in [-0.4, -0.2) is 9.55 Å². The van der Waals surface area contributed by atoms with Gasteiger partial charge >= 0.3 is 0 Å². The lowest BCUT2D eigenvalue weighted by Gasteiger charge is -2.08. The maximum atomic E-state index is 14.1. The summed E-state index contributed by atoms with van der Waals surface area (Å²) < 4.78 is 43.5. The highest BCUT2D eigenvalue weighted by Crippen LogP contribution is 2.26. The Kier molecular flexibility index (Phi) is 3.56. The molecule has 2 aromatic carbocycles. The van der Waals surface area contributed by atoms with Crippen molar-refractivity contribution in [3.05, 3.63) is 55.6 Å². The number of H-pyrrole nitrogens is 1. The second-order valence-electron chi connectivity index (χ2n) is 4.60. The molecule has 0 aliphatic heterocycles. The number of hydrogen-bond donors (Lipinski definition) is 1. The quantitative estimate of drug-likeness (QED) is 0.433. The van der Waals surface area contributed by atoms with E-state index in [-0.39, 0.29) is 16.0 Å². The predicted octanol–water partition coefficient (Wildman–Crippen LogP) is 5.02. The summed E-state index contributed by atoms with van der Waals surface area (Å²) in [5.74, 6) is -1.61. The van der Waals surface area contributed by atoms with E-state index in [2.05, 4.69) is 4.98 Å². The fraction of sp³-hybridized carbons (Fsp3) is 0.0714. The van der Waals surface area contributed by atoms with Crippen LogP contribution in [0, 0.1) is 32.7 Å². The maximum Gasteiger partial charge on any atom is 0.182 e. The van der Waals surface area contributed by atoms with E-state index in [0.29, 0.717) is 14.6 Å². The highest BCUT2D eigenvalue weighted by Gasteiger charge is 2.15. The molecule has 0 radical (unpaired) electrons. The normalized spacial score (nSPS) is 11.3. The van der Waals surface area contributed by atoms with Gasteiger partial charge in [0, 0.05) is 12.1 Å². The smallest absolute Gasteiger partial charge is 0.182 e. The number of benzene rings is 2. The Morgan fingerprint density at radius 1 is 1.05 bits per heavy atom. The minimum Gasteiger partial charge on any atom is -0.330 e. The molecule has 1 aromatic heterocycles. The van der Waals surface area contributed by atoms with Gasteiger partial charge in [0.05, 0.1) is 20.3 Å². The monoisotopic (exact) mass is 420 g/mol. The molecule has 0 unspecified atom stereocenters. The molecule has 108 valence electrons. The molecule has 1 N–H and O–H groups in total. The van der Waals surface area contributed by atoms with Crippen LogP contribution in [-0.2, 0) is 0 Å². The summed E-state index contributed by atoms with van der Waals surface area (Å²) in [6.07, 6.45) is 0. The second kappa shape index (κ2) is 5.13. The van der Waals surface area contributed by atoms with E-state index in [1.165, 1.54) is 17.6 Å². The number of aryl methyl sites for hydroxylation is 1. The molecule has 0 spiro atoms. The van der Waals surface area contributed by atoms with Crippen LogP contribution in [0.15, 0.2) is 24.3 Å². The summed E-state index contributed by atoms with van der Waals surface area (Å²) in [4.78, 5) is 2.87. The van der Waals surface area contributed by atoms with E-state index in [1.54, 1.807) is 6.07 Å². The predicted molar refractivity (Wildman–Crippen MR) is 85.8 cm³/mol. The van der Waals surface area contributed by atoms with Crippen LogP contribution in [0.4, 0.5) is 13.2 Å². The number of aromatic amines is 1. The number of halogens is 4. The Labute approximate surface area is 136 Å². The van der Waals surface area contributed by atoms with Crippen molar-refractivity contribution in [3.8, 4) is 5.69 Å². The van der Waals surface area contributed by atoms with Crippen LogP contribution in [0.1, 0.15) is 5.56 Å². The zero-order valence-electron chi connectivity index (χ0n) is 10.7. The standard InChI is InChI=1S/C14H8F3IN2S/c1-6-2-9(17)12(3-7(6)15)20-13-4-8(16)10(18)5-11(13)19-14(20)21/h2-5H,1H3,(H,19,21). The van der Waals surface area contributed by atoms with Gasteiger partial charge in [-0.3, -0.25) is 4.57 Å². The van der Waals surface area contributed by atoms with Gasteiger partial charge in [0.15, 0.2) is 4.77 Å². The van der Waals surface area contributed by atoms with Crippen LogP contribution in [0.5, 0.6) is 0 Å². The van der Waals surface area contributed by atoms with Crippen molar-refractivity contribution in [1.82, 2.24) is 9.55 Å². The SMILES string of the molecule is Cc1cc(F)c(-n2c(=S)[nH]c3cc(I)c(F)cc32)cc1F. The van der Waals surface area contributed by atoms with E-state index in [9.17, 15) is 13.2 Å². The molecule has 21 heavy (non-hydrogen) atoms. The zero-order valence-corrected chi connectivity index (χ0v) is 13.7. The average molecular weight is 420 g/mol. The van der Waals surface area contributed by atoms with Gasteiger partial charge in [-0.1, -0.05) is 0 Å². The van der Waals surface area contributed by atoms with E-state index in [4.69, 9.17) is 12.2 Å². The van der Waals surface area contributed by atoms with Gasteiger partial charge in [-0.2, -0.15) is 0 Å². The summed E-state index contributed by atoms with van der Waals surface area (Å²) in [5.41, 5.74) is 1.07. The molecule has 3 aromatic rings. The number of nitrogens with one attached hydrogen (secondary N) is 1. The minimum absolute atomic E-state index is 0.0463. The van der Waals surface area contributed by atoms with Crippen molar-refractivity contribution in [1.29, 1.82) is 0 Å². The van der Waals surface area contributed by atoms with Crippen molar-refractivity contribution in [2.45, 2.75) is 6.92 Å². The topological polar surface area (TPSA) is 20.7 Å². The van der Waals surface area contributed by atoms with Gasteiger partial charge in [0.2, 0.25) is 0 Å². The van der Waals surface area contributed by atoms with Crippen LogP contribution in [0.2, 0.25) is 0 Å². The molecule has 3 rings (SSSR count). The van der Waals surface area contributed by atoms with Crippen LogP contribution in [0.25, 0.3) is 16.7 Å². The molecule has 2 nitrogen and oxygen atoms in total. The summed E-state index contributed by atoms with van der Waals surface area (Å²) in [6, 6.07) is 4.97. The lowest BCUT2D eigenvalue weighted by atomic mass is 10.2. The third kappa shape index (κ3) is 2.38. The Morgan fingerprint density at radius 3 is 2.48 bits per heavy atom. The summed E-state index contributed by atoms with van der Waals surface area (Å²) >= 11 is 7.00. The summed E-state index contributed by atoms with van der Waals surface area (Å²) in [5, 5.41) is 0. The van der Waals surface area contributed by atoms with Crippen LogP contribution < -0.4 is 0 Å². The molecule has 0 saturated heterocycles. The summed E-state index contributed by atoms with van der Waals surface area (Å²) in [7, 11) is 0. The lowest BCUT2D eigenvalue weighted by molar-refractivity contribution is 0.585. The fourth-order valence-corrected chi connectivity index (χ4v) is 2.92. The van der Waals surface area contributed by atoms with E-state index < -0.39 is 17.5 Å². The molecule has 0 amide bonds. The molecule has 0 atom stereocenters. The number of imidazole rings is 1. The number of hydrogen-bond acceptors (Lipinski definition) is 1. The third-order valence-corrected chi connectivity index (χ3v) is 4.30. The van der Waals surface area contributed by atoms with Gasteiger partial charge in [-0.05, 0) is 59.4 Å². The largest absolute Gasteiger partial charge is 0.330 e. The number of aromatic nitrogens is 2. The maximum absolute atomic E-state index is 14.1. The average Bonchev–Trinajstić information content (AvgIpc) is 2.70. The summed E-state index contributed by atoms with van der Waals surface area (Å²) in [6.45, 7) is 1.47. The lowest BCUT2D eigenvalue weighted by Crippen LogP contribution is -2.00. The number of nitrogens with zero attached hydrogens (tertiary/aromatic N) is 1. The van der Waals surface area contributed by atoms with Crippen LogP contribution >= 0.6 is 34.8 Å². The Bertz CT molecular complexity index is 930. The number of fused-ring (bicyclic) bond motifs is 1. The fourth-order valence-electron chi connectivity index (χ4n) is 2.15. The van der Waals surface area contributed by atoms with Crippen molar-refractivity contribution in [2.24, 2.45) is 0 Å². The molecule has 0 fully saturated rings. The van der Waals surface area contributed by atoms with Gasteiger partial charge in [0.1, 0.15) is 17.5 Å². The molecular formula is C14H8F3IN2S. The van der Waals surface area contributed by atoms with Gasteiger partial charge in [-0.15, -0.1) is 0 Å². The van der Waals surface area contributed by atoms with E-state index >= 15 is 0 Å². The molecule has 0 aliphatic carbocycles. The van der Waals surface area contributed by atoms with Crippen molar-refractivity contribution in [2.75, 3.05) is 0 Å². The Balaban J connectivity index is 2.40. The first-order valence-corrected chi connectivity index (χ1v) is 7.43. The van der Waals surface area contributed by atoms with E-state index in [1.807, 2.05) is 22.6 Å². The first kappa shape index (κ1) is 14.6.